The maximum atomic E-state index is 12.2. The number of ether oxygens (including phenoxy) is 1. The molecule has 0 N–H and O–H groups in total. The molecule has 2 aromatic carbocycles. The van der Waals surface area contributed by atoms with Gasteiger partial charge in [0, 0.05) is 17.8 Å². The van der Waals surface area contributed by atoms with Gasteiger partial charge in [0.05, 0.1) is 28.7 Å². The van der Waals surface area contributed by atoms with Crippen LogP contribution in [0.25, 0.3) is 33.1 Å². The molecule has 0 saturated heterocycles. The summed E-state index contributed by atoms with van der Waals surface area (Å²) >= 11 is 0. The number of aromatic nitrogens is 4. The summed E-state index contributed by atoms with van der Waals surface area (Å²) in [7, 11) is 0. The minimum atomic E-state index is -0.384. The number of para-hydroxylation sites is 3. The molecule has 5 aromatic rings. The fourth-order valence-electron chi connectivity index (χ4n) is 3.41. The van der Waals surface area contributed by atoms with E-state index in [1.54, 1.807) is 18.3 Å². The molecule has 0 unspecified atom stereocenters. The molecular weight excluding hydrogens is 352 g/mol. The summed E-state index contributed by atoms with van der Waals surface area (Å²) in [6, 6.07) is 19.3. The lowest BCUT2D eigenvalue weighted by molar-refractivity contribution is 0.0493. The van der Waals surface area contributed by atoms with Crippen LogP contribution in [-0.2, 0) is 11.3 Å². The van der Waals surface area contributed by atoms with Gasteiger partial charge in [-0.2, -0.15) is 0 Å². The molecule has 6 heteroatoms. The first-order valence-corrected chi connectivity index (χ1v) is 9.02. The van der Waals surface area contributed by atoms with Crippen molar-refractivity contribution in [1.29, 1.82) is 0 Å². The molecule has 0 aliphatic rings. The van der Waals surface area contributed by atoms with Gasteiger partial charge in [-0.15, -0.1) is 0 Å². The van der Waals surface area contributed by atoms with Gasteiger partial charge < -0.3 is 9.30 Å². The summed E-state index contributed by atoms with van der Waals surface area (Å²) < 4.78 is 7.49. The fourth-order valence-corrected chi connectivity index (χ4v) is 3.41. The second-order valence-corrected chi connectivity index (χ2v) is 6.43. The molecule has 5 rings (SSSR count). The van der Waals surface area contributed by atoms with E-state index in [-0.39, 0.29) is 12.6 Å². The Morgan fingerprint density at radius 2 is 1.71 bits per heavy atom. The summed E-state index contributed by atoms with van der Waals surface area (Å²) in [6.07, 6.45) is 3.12. The normalized spacial score (nSPS) is 11.3. The van der Waals surface area contributed by atoms with Crippen molar-refractivity contribution < 1.29 is 9.53 Å². The van der Waals surface area contributed by atoms with Gasteiger partial charge in [-0.1, -0.05) is 30.3 Å². The van der Waals surface area contributed by atoms with Crippen molar-refractivity contribution in [2.75, 3.05) is 6.61 Å². The molecule has 0 atom stereocenters. The molecule has 136 valence electrons. The van der Waals surface area contributed by atoms with Crippen LogP contribution in [0.5, 0.6) is 0 Å². The lowest BCUT2D eigenvalue weighted by atomic mass is 10.2. The molecule has 28 heavy (non-hydrogen) atoms. The molecule has 3 aromatic heterocycles. The average Bonchev–Trinajstić information content (AvgIpc) is 3.06. The lowest BCUT2D eigenvalue weighted by Gasteiger charge is -2.08. The molecule has 0 aliphatic heterocycles. The van der Waals surface area contributed by atoms with Gasteiger partial charge in [0.2, 0.25) is 0 Å². The Labute approximate surface area is 160 Å². The zero-order valence-electron chi connectivity index (χ0n) is 14.9. The van der Waals surface area contributed by atoms with Crippen molar-refractivity contribution in [3.05, 3.63) is 78.6 Å². The molecule has 0 spiro atoms. The molecule has 0 saturated carbocycles. The Morgan fingerprint density at radius 1 is 0.929 bits per heavy atom. The van der Waals surface area contributed by atoms with Gasteiger partial charge in [0.25, 0.3) is 0 Å². The molecule has 6 nitrogen and oxygen atoms in total. The molecular formula is C22H16N4O2. The van der Waals surface area contributed by atoms with E-state index in [9.17, 15) is 4.79 Å². The number of hydrogen-bond acceptors (Lipinski definition) is 5. The molecule has 0 bridgehead atoms. The third kappa shape index (κ3) is 2.75. The number of benzene rings is 2. The summed E-state index contributed by atoms with van der Waals surface area (Å²) in [5.41, 5.74) is 4.80. The number of esters is 1. The highest BCUT2D eigenvalue weighted by atomic mass is 16.5. The second kappa shape index (κ2) is 6.74. The topological polar surface area (TPSA) is 69.9 Å². The maximum absolute atomic E-state index is 12.2. The zero-order chi connectivity index (χ0) is 18.9. The number of pyridine rings is 1. The number of carbonyl (C=O) groups excluding carboxylic acids is 1. The smallest absolute Gasteiger partial charge is 0.339 e. The van der Waals surface area contributed by atoms with Crippen LogP contribution in [0.1, 0.15) is 10.4 Å². The van der Waals surface area contributed by atoms with Crippen molar-refractivity contribution in [2.24, 2.45) is 0 Å². The number of fused-ring (bicyclic) bond motifs is 4. The monoisotopic (exact) mass is 368 g/mol. The van der Waals surface area contributed by atoms with Gasteiger partial charge >= 0.3 is 5.97 Å². The molecule has 0 aliphatic carbocycles. The van der Waals surface area contributed by atoms with E-state index in [4.69, 9.17) is 14.7 Å². The summed E-state index contributed by atoms with van der Waals surface area (Å²) in [5.74, 6) is -0.384. The van der Waals surface area contributed by atoms with Gasteiger partial charge in [-0.25, -0.2) is 14.8 Å². The van der Waals surface area contributed by atoms with Crippen molar-refractivity contribution in [3.8, 4) is 0 Å². The number of hydrogen-bond donors (Lipinski definition) is 0. The Morgan fingerprint density at radius 3 is 2.54 bits per heavy atom. The van der Waals surface area contributed by atoms with Crippen LogP contribution in [0.2, 0.25) is 0 Å². The van der Waals surface area contributed by atoms with Gasteiger partial charge in [0.1, 0.15) is 12.1 Å². The van der Waals surface area contributed by atoms with Crippen LogP contribution in [0.15, 0.2) is 73.1 Å². The lowest BCUT2D eigenvalue weighted by Crippen LogP contribution is -2.12. The third-order valence-electron chi connectivity index (χ3n) is 4.70. The maximum Gasteiger partial charge on any atom is 0.339 e. The first kappa shape index (κ1) is 16.4. The molecule has 3 heterocycles. The van der Waals surface area contributed by atoms with E-state index < -0.39 is 0 Å². The van der Waals surface area contributed by atoms with Crippen LogP contribution >= 0.6 is 0 Å². The minimum absolute atomic E-state index is 0.232. The Hall–Kier alpha value is -3.80. The summed E-state index contributed by atoms with van der Waals surface area (Å²) in [4.78, 5) is 25.8. The van der Waals surface area contributed by atoms with Crippen molar-refractivity contribution in [3.63, 3.8) is 0 Å². The van der Waals surface area contributed by atoms with E-state index in [1.807, 2.05) is 48.5 Å². The van der Waals surface area contributed by atoms with Crippen molar-refractivity contribution in [2.45, 2.75) is 6.54 Å². The molecule has 0 radical (unpaired) electrons. The van der Waals surface area contributed by atoms with Crippen LogP contribution in [0.3, 0.4) is 0 Å². The minimum Gasteiger partial charge on any atom is -0.460 e. The first-order chi connectivity index (χ1) is 13.8. The molecule has 0 amide bonds. The van der Waals surface area contributed by atoms with Gasteiger partial charge in [-0.05, 0) is 30.3 Å². The number of rotatable bonds is 4. The van der Waals surface area contributed by atoms with Crippen molar-refractivity contribution >= 4 is 39.1 Å². The van der Waals surface area contributed by atoms with E-state index in [0.29, 0.717) is 12.1 Å². The number of carbonyl (C=O) groups is 1. The first-order valence-electron chi connectivity index (χ1n) is 9.02. The van der Waals surface area contributed by atoms with Crippen LogP contribution in [0, 0.1) is 0 Å². The van der Waals surface area contributed by atoms with E-state index >= 15 is 0 Å². The predicted molar refractivity (Wildman–Crippen MR) is 107 cm³/mol. The van der Waals surface area contributed by atoms with Crippen LogP contribution in [0.4, 0.5) is 0 Å². The van der Waals surface area contributed by atoms with E-state index in [0.717, 1.165) is 33.1 Å². The third-order valence-corrected chi connectivity index (χ3v) is 4.70. The van der Waals surface area contributed by atoms with Crippen molar-refractivity contribution in [1.82, 2.24) is 19.5 Å². The van der Waals surface area contributed by atoms with Gasteiger partial charge in [0.15, 0.2) is 5.65 Å². The Kier molecular flexibility index (Phi) is 3.94. The summed E-state index contributed by atoms with van der Waals surface area (Å²) in [5, 5.41) is 1.04. The fraction of sp³-hybridized carbons (Fsp3) is 0.0909. The highest BCUT2D eigenvalue weighted by molar-refractivity contribution is 6.06. The highest BCUT2D eigenvalue weighted by Gasteiger charge is 2.15. The Balaban J connectivity index is 1.52. The van der Waals surface area contributed by atoms with Crippen LogP contribution in [-0.4, -0.2) is 32.1 Å². The predicted octanol–water partition coefficient (Wildman–Crippen LogP) is 3.99. The number of nitrogens with zero attached hydrogens (tertiary/aromatic N) is 4. The SMILES string of the molecule is O=C(OCCn1c2ccccc2c2nc3ccccc3nc21)c1cccnc1. The summed E-state index contributed by atoms with van der Waals surface area (Å²) in [6.45, 7) is 0.721. The average molecular weight is 368 g/mol. The zero-order valence-corrected chi connectivity index (χ0v) is 14.9. The van der Waals surface area contributed by atoms with Crippen LogP contribution < -0.4 is 0 Å². The Bertz CT molecular complexity index is 1310. The van der Waals surface area contributed by atoms with E-state index in [1.165, 1.54) is 6.20 Å². The molecule has 0 fully saturated rings. The largest absolute Gasteiger partial charge is 0.460 e. The van der Waals surface area contributed by atoms with Gasteiger partial charge in [-0.3, -0.25) is 4.98 Å². The quantitative estimate of drug-likeness (QED) is 0.449. The van der Waals surface area contributed by atoms with E-state index in [2.05, 4.69) is 9.55 Å². The standard InChI is InChI=1S/C22H16N4O2/c27-22(15-6-5-11-23-14-15)28-13-12-26-19-10-4-1-7-16(19)20-21(26)25-18-9-3-2-8-17(18)24-20/h1-11,14H,12-13H2. The second-order valence-electron chi connectivity index (χ2n) is 6.43. The highest BCUT2D eigenvalue weighted by Crippen LogP contribution is 2.28.